The number of nitrogens with one attached hydrogen (secondary N) is 2. The Labute approximate surface area is 148 Å². The maximum atomic E-state index is 12.4. The van der Waals surface area contributed by atoms with Gasteiger partial charge in [0.2, 0.25) is 0 Å². The van der Waals surface area contributed by atoms with E-state index >= 15 is 0 Å². The number of fused-ring (bicyclic) bond motifs is 1. The number of H-pyrrole nitrogens is 1. The lowest BCUT2D eigenvalue weighted by Gasteiger charge is -2.21. The molecule has 2 N–H and O–H groups in total. The van der Waals surface area contributed by atoms with Crippen LogP contribution in [-0.4, -0.2) is 40.8 Å². The van der Waals surface area contributed by atoms with E-state index in [0.29, 0.717) is 13.2 Å². The maximum Gasteiger partial charge on any atom is 0.317 e. The molecule has 1 atom stereocenters. The Morgan fingerprint density at radius 1 is 1.36 bits per heavy atom. The van der Waals surface area contributed by atoms with Crippen LogP contribution in [0.4, 0.5) is 4.79 Å². The van der Waals surface area contributed by atoms with E-state index in [-0.39, 0.29) is 12.1 Å². The van der Waals surface area contributed by atoms with Crippen molar-refractivity contribution in [3.63, 3.8) is 0 Å². The minimum absolute atomic E-state index is 0.0823. The zero-order valence-electron chi connectivity index (χ0n) is 15.1. The third-order valence-corrected chi connectivity index (χ3v) is 4.52. The summed E-state index contributed by atoms with van der Waals surface area (Å²) in [6, 6.07) is 7.70. The largest absolute Gasteiger partial charge is 0.491 e. The van der Waals surface area contributed by atoms with E-state index < -0.39 is 0 Å². The normalized spacial score (nSPS) is 14.0. The zero-order valence-corrected chi connectivity index (χ0v) is 15.1. The molecule has 1 aliphatic carbocycles. The van der Waals surface area contributed by atoms with Gasteiger partial charge in [0, 0.05) is 12.7 Å². The first-order valence-corrected chi connectivity index (χ1v) is 8.79. The van der Waals surface area contributed by atoms with E-state index in [1.54, 1.807) is 11.9 Å². The molecular weight excluding hydrogens is 316 g/mol. The quantitative estimate of drug-likeness (QED) is 0.848. The molecule has 0 unspecified atom stereocenters. The summed E-state index contributed by atoms with van der Waals surface area (Å²) in [5.74, 6) is 0.812. The average Bonchev–Trinajstić information content (AvgIpc) is 3.19. The highest BCUT2D eigenvalue weighted by molar-refractivity contribution is 5.74. The first-order valence-electron chi connectivity index (χ1n) is 8.79. The second-order valence-electron chi connectivity index (χ2n) is 6.81. The van der Waals surface area contributed by atoms with Crippen molar-refractivity contribution < 1.29 is 9.53 Å². The third kappa shape index (κ3) is 4.32. The number of benzene rings is 1. The van der Waals surface area contributed by atoms with Gasteiger partial charge in [0.15, 0.2) is 0 Å². The Morgan fingerprint density at radius 2 is 2.12 bits per heavy atom. The number of aryl methyl sites for hydroxylation is 2. The van der Waals surface area contributed by atoms with Crippen LogP contribution in [0.15, 0.2) is 24.3 Å². The second-order valence-corrected chi connectivity index (χ2v) is 6.81. The Kier molecular flexibility index (Phi) is 5.26. The monoisotopic (exact) mass is 342 g/mol. The molecule has 6 heteroatoms. The standard InChI is InChI=1S/C19H26N4O2/c1-13-7-9-15(10-8-13)25-12-14(2)20-19(24)23(3)11-18-16-5-4-6-17(16)21-22-18/h7-10,14H,4-6,11-12H2,1-3H3,(H,20,24)(H,21,22)/t14-/m1/s1. The van der Waals surface area contributed by atoms with Gasteiger partial charge in [-0.2, -0.15) is 5.10 Å². The molecule has 1 aliphatic rings. The van der Waals surface area contributed by atoms with Crippen LogP contribution < -0.4 is 10.1 Å². The summed E-state index contributed by atoms with van der Waals surface area (Å²) in [4.78, 5) is 14.0. The lowest BCUT2D eigenvalue weighted by atomic mass is 10.2. The molecule has 0 bridgehead atoms. The molecule has 1 heterocycles. The first kappa shape index (κ1) is 17.3. The molecule has 1 aromatic heterocycles. The molecule has 2 amide bonds. The van der Waals surface area contributed by atoms with Gasteiger partial charge in [-0.25, -0.2) is 4.79 Å². The number of aromatic nitrogens is 2. The van der Waals surface area contributed by atoms with Crippen LogP contribution in [0.2, 0.25) is 0 Å². The molecule has 0 radical (unpaired) electrons. The van der Waals surface area contributed by atoms with Crippen LogP contribution in [0.5, 0.6) is 5.75 Å². The number of urea groups is 1. The van der Waals surface area contributed by atoms with Gasteiger partial charge >= 0.3 is 6.03 Å². The number of nitrogens with zero attached hydrogens (tertiary/aromatic N) is 2. The van der Waals surface area contributed by atoms with Crippen LogP contribution in [0.3, 0.4) is 0 Å². The smallest absolute Gasteiger partial charge is 0.317 e. The zero-order chi connectivity index (χ0) is 17.8. The van der Waals surface area contributed by atoms with Crippen LogP contribution >= 0.6 is 0 Å². The van der Waals surface area contributed by atoms with Gasteiger partial charge < -0.3 is 15.0 Å². The van der Waals surface area contributed by atoms with E-state index in [1.165, 1.54) is 23.2 Å². The van der Waals surface area contributed by atoms with E-state index in [2.05, 4.69) is 15.5 Å². The molecule has 134 valence electrons. The fraction of sp³-hybridized carbons (Fsp3) is 0.474. The van der Waals surface area contributed by atoms with E-state index in [9.17, 15) is 4.79 Å². The van der Waals surface area contributed by atoms with Crippen LogP contribution in [0, 0.1) is 6.92 Å². The van der Waals surface area contributed by atoms with Gasteiger partial charge in [-0.15, -0.1) is 0 Å². The van der Waals surface area contributed by atoms with Gasteiger partial charge in [-0.1, -0.05) is 17.7 Å². The van der Waals surface area contributed by atoms with Crippen molar-refractivity contribution in [2.45, 2.75) is 45.7 Å². The van der Waals surface area contributed by atoms with Crippen LogP contribution in [0.1, 0.15) is 35.9 Å². The van der Waals surface area contributed by atoms with Crippen molar-refractivity contribution in [3.05, 3.63) is 46.8 Å². The number of ether oxygens (including phenoxy) is 1. The molecule has 0 saturated carbocycles. The lowest BCUT2D eigenvalue weighted by molar-refractivity contribution is 0.195. The Balaban J connectivity index is 1.46. The van der Waals surface area contributed by atoms with Gasteiger partial charge in [0.05, 0.1) is 18.3 Å². The predicted molar refractivity (Wildman–Crippen MR) is 96.7 cm³/mol. The first-order chi connectivity index (χ1) is 12.0. The summed E-state index contributed by atoms with van der Waals surface area (Å²) in [6.45, 7) is 4.92. The average molecular weight is 342 g/mol. The maximum absolute atomic E-state index is 12.4. The summed E-state index contributed by atoms with van der Waals surface area (Å²) < 4.78 is 5.72. The predicted octanol–water partition coefficient (Wildman–Crippen LogP) is 2.82. The number of hydrogen-bond donors (Lipinski definition) is 2. The molecule has 0 spiro atoms. The molecule has 0 fully saturated rings. The summed E-state index contributed by atoms with van der Waals surface area (Å²) in [6.07, 6.45) is 3.28. The minimum Gasteiger partial charge on any atom is -0.491 e. The fourth-order valence-electron chi connectivity index (χ4n) is 3.03. The number of amides is 2. The summed E-state index contributed by atoms with van der Waals surface area (Å²) in [7, 11) is 1.79. The minimum atomic E-state index is -0.116. The van der Waals surface area contributed by atoms with Crippen molar-refractivity contribution in [2.24, 2.45) is 0 Å². The van der Waals surface area contributed by atoms with E-state index in [0.717, 1.165) is 24.3 Å². The van der Waals surface area contributed by atoms with Crippen molar-refractivity contribution in [3.8, 4) is 5.75 Å². The van der Waals surface area contributed by atoms with Crippen molar-refractivity contribution in [2.75, 3.05) is 13.7 Å². The fourth-order valence-corrected chi connectivity index (χ4v) is 3.03. The van der Waals surface area contributed by atoms with Crippen LogP contribution in [0.25, 0.3) is 0 Å². The van der Waals surface area contributed by atoms with Gasteiger partial charge in [0.25, 0.3) is 0 Å². The molecular formula is C19H26N4O2. The molecule has 25 heavy (non-hydrogen) atoms. The highest BCUT2D eigenvalue weighted by Gasteiger charge is 2.21. The van der Waals surface area contributed by atoms with Crippen molar-refractivity contribution >= 4 is 6.03 Å². The second kappa shape index (κ2) is 7.59. The Bertz CT molecular complexity index is 724. The molecule has 0 saturated heterocycles. The van der Waals surface area contributed by atoms with Gasteiger partial charge in [-0.3, -0.25) is 5.10 Å². The van der Waals surface area contributed by atoms with Crippen molar-refractivity contribution in [1.29, 1.82) is 0 Å². The van der Waals surface area contributed by atoms with Crippen LogP contribution in [-0.2, 0) is 19.4 Å². The highest BCUT2D eigenvalue weighted by Crippen LogP contribution is 2.23. The summed E-state index contributed by atoms with van der Waals surface area (Å²) in [5.41, 5.74) is 4.69. The topological polar surface area (TPSA) is 70.2 Å². The molecule has 1 aromatic carbocycles. The van der Waals surface area contributed by atoms with E-state index in [4.69, 9.17) is 4.74 Å². The number of rotatable bonds is 6. The summed E-state index contributed by atoms with van der Waals surface area (Å²) in [5, 5.41) is 10.4. The molecule has 2 aromatic rings. The number of carbonyl (C=O) groups is 1. The van der Waals surface area contributed by atoms with Crippen molar-refractivity contribution in [1.82, 2.24) is 20.4 Å². The van der Waals surface area contributed by atoms with Gasteiger partial charge in [0.1, 0.15) is 12.4 Å². The van der Waals surface area contributed by atoms with E-state index in [1.807, 2.05) is 38.1 Å². The number of carbonyl (C=O) groups excluding carboxylic acids is 1. The Morgan fingerprint density at radius 3 is 2.88 bits per heavy atom. The number of hydrogen-bond acceptors (Lipinski definition) is 3. The molecule has 6 nitrogen and oxygen atoms in total. The lowest BCUT2D eigenvalue weighted by Crippen LogP contribution is -2.44. The molecule has 0 aliphatic heterocycles. The summed E-state index contributed by atoms with van der Waals surface area (Å²) >= 11 is 0. The van der Waals surface area contributed by atoms with Gasteiger partial charge in [-0.05, 0) is 50.8 Å². The highest BCUT2D eigenvalue weighted by atomic mass is 16.5. The third-order valence-electron chi connectivity index (χ3n) is 4.52. The Hall–Kier alpha value is -2.50. The SMILES string of the molecule is Cc1ccc(OC[C@@H](C)NC(=O)N(C)Cc2n[nH]c3c2CCC3)cc1. The molecule has 3 rings (SSSR count). The number of aromatic amines is 1.